The van der Waals surface area contributed by atoms with Crippen molar-refractivity contribution >= 4 is 69.8 Å². The van der Waals surface area contributed by atoms with Crippen molar-refractivity contribution in [3.05, 3.63) is 22.0 Å². The molecule has 4 heterocycles. The predicted molar refractivity (Wildman–Crippen MR) is 120 cm³/mol. The van der Waals surface area contributed by atoms with E-state index < -0.39 is 0 Å². The molecule has 4 unspecified atom stereocenters. The van der Waals surface area contributed by atoms with Gasteiger partial charge in [-0.25, -0.2) is 0 Å². The van der Waals surface area contributed by atoms with Gasteiger partial charge in [-0.05, 0) is 49.8 Å². The van der Waals surface area contributed by atoms with Gasteiger partial charge < -0.3 is 4.90 Å². The number of hydrogen-bond acceptors (Lipinski definition) is 6. The van der Waals surface area contributed by atoms with Crippen LogP contribution >= 0.6 is 48.0 Å². The van der Waals surface area contributed by atoms with Gasteiger partial charge in [-0.15, -0.1) is 23.5 Å². The van der Waals surface area contributed by atoms with Gasteiger partial charge in [-0.1, -0.05) is 24.4 Å². The molecule has 2 amide bonds. The summed E-state index contributed by atoms with van der Waals surface area (Å²) in [5, 5.41) is 0.304. The number of amides is 2. The number of carbonyl (C=O) groups excluding carboxylic acids is 2. The van der Waals surface area contributed by atoms with E-state index in [9.17, 15) is 9.59 Å². The van der Waals surface area contributed by atoms with Crippen molar-refractivity contribution in [2.45, 2.75) is 44.4 Å². The highest BCUT2D eigenvalue weighted by molar-refractivity contribution is 8.04. The number of likely N-dealkylation sites (N-methyl/N-ethyl adjacent to an activating group) is 1. The first-order valence-corrected chi connectivity index (χ1v) is 12.0. The molecular weight excluding hydrogens is 416 g/mol. The second kappa shape index (κ2) is 7.61. The third-order valence-electron chi connectivity index (χ3n) is 5.66. The summed E-state index contributed by atoms with van der Waals surface area (Å²) >= 11 is 15.0. The van der Waals surface area contributed by atoms with Gasteiger partial charge in [-0.3, -0.25) is 14.5 Å². The van der Waals surface area contributed by atoms with Crippen molar-refractivity contribution < 1.29 is 9.59 Å². The highest BCUT2D eigenvalue weighted by Gasteiger charge is 2.43. The molecule has 4 nitrogen and oxygen atoms in total. The average Bonchev–Trinajstić information content (AvgIpc) is 3.22. The van der Waals surface area contributed by atoms with E-state index in [-0.39, 0.29) is 23.8 Å². The Bertz CT molecular complexity index is 791. The summed E-state index contributed by atoms with van der Waals surface area (Å²) in [7, 11) is 0. The second-order valence-corrected chi connectivity index (χ2v) is 10.7. The number of fused-ring (bicyclic) bond motifs is 2. The van der Waals surface area contributed by atoms with Crippen LogP contribution in [0.25, 0.3) is 0 Å². The fourth-order valence-electron chi connectivity index (χ4n) is 4.32. The fraction of sp³-hybridized carbons (Fsp3) is 0.579. The van der Waals surface area contributed by atoms with Crippen LogP contribution in [0.1, 0.15) is 33.1 Å². The maximum absolute atomic E-state index is 12.6. The second-order valence-electron chi connectivity index (χ2n) is 7.36. The van der Waals surface area contributed by atoms with Crippen molar-refractivity contribution in [2.24, 2.45) is 11.8 Å². The molecule has 4 rings (SSSR count). The van der Waals surface area contributed by atoms with Crippen LogP contribution in [0.5, 0.6) is 0 Å². The molecule has 0 spiro atoms. The molecule has 4 aliphatic heterocycles. The predicted octanol–water partition coefficient (Wildman–Crippen LogP) is 3.77. The van der Waals surface area contributed by atoms with Crippen molar-refractivity contribution in [2.75, 3.05) is 12.3 Å². The topological polar surface area (TPSA) is 40.6 Å². The van der Waals surface area contributed by atoms with Crippen LogP contribution in [0.4, 0.5) is 0 Å². The highest BCUT2D eigenvalue weighted by atomic mass is 32.2. The normalized spacial score (nSPS) is 31.7. The maximum atomic E-state index is 12.6. The Kier molecular flexibility index (Phi) is 5.53. The molecule has 4 atom stereocenters. The van der Waals surface area contributed by atoms with E-state index in [1.165, 1.54) is 9.81 Å². The van der Waals surface area contributed by atoms with E-state index in [4.69, 9.17) is 24.4 Å². The van der Waals surface area contributed by atoms with Gasteiger partial charge in [0, 0.05) is 34.7 Å². The minimum absolute atomic E-state index is 0.0396. The van der Waals surface area contributed by atoms with E-state index in [0.717, 1.165) is 39.9 Å². The van der Waals surface area contributed by atoms with Gasteiger partial charge in [0.1, 0.15) is 4.99 Å². The van der Waals surface area contributed by atoms with Gasteiger partial charge in [0.25, 0.3) is 5.91 Å². The molecule has 0 radical (unpaired) electrons. The molecule has 0 aromatic carbocycles. The van der Waals surface area contributed by atoms with Crippen LogP contribution in [0.3, 0.4) is 0 Å². The monoisotopic (exact) mass is 438 g/mol. The van der Waals surface area contributed by atoms with E-state index >= 15 is 0 Å². The summed E-state index contributed by atoms with van der Waals surface area (Å²) in [5.74, 6) is 1.09. The Labute approximate surface area is 179 Å². The summed E-state index contributed by atoms with van der Waals surface area (Å²) in [6.07, 6.45) is 6.56. The lowest BCUT2D eigenvalue weighted by Gasteiger charge is -2.37. The van der Waals surface area contributed by atoms with Crippen molar-refractivity contribution in [1.82, 2.24) is 9.80 Å². The first kappa shape index (κ1) is 19.6. The van der Waals surface area contributed by atoms with Crippen LogP contribution in [0.15, 0.2) is 22.0 Å². The minimum atomic E-state index is -0.176. The van der Waals surface area contributed by atoms with Gasteiger partial charge in [0.15, 0.2) is 0 Å². The molecule has 2 fully saturated rings. The molecule has 8 heteroatoms. The third kappa shape index (κ3) is 3.43. The summed E-state index contributed by atoms with van der Waals surface area (Å²) in [6.45, 7) is 4.45. The van der Waals surface area contributed by atoms with E-state index in [1.807, 2.05) is 18.7 Å². The number of thioether (sulfide) groups is 2. The Morgan fingerprint density at radius 3 is 2.74 bits per heavy atom. The van der Waals surface area contributed by atoms with E-state index in [2.05, 4.69) is 17.9 Å². The van der Waals surface area contributed by atoms with Gasteiger partial charge in [0.05, 0.1) is 10.9 Å². The number of imide groups is 1. The number of nitrogens with zero attached hydrogens (tertiary/aromatic N) is 2. The van der Waals surface area contributed by atoms with Crippen molar-refractivity contribution in [1.29, 1.82) is 0 Å². The molecule has 0 N–H and O–H groups in total. The number of carbonyl (C=O) groups is 2. The smallest absolute Gasteiger partial charge is 0.253 e. The van der Waals surface area contributed by atoms with Gasteiger partial charge in [0.2, 0.25) is 5.91 Å². The maximum Gasteiger partial charge on any atom is 0.253 e. The van der Waals surface area contributed by atoms with Crippen LogP contribution in [0, 0.1) is 11.8 Å². The lowest BCUT2D eigenvalue weighted by molar-refractivity contribution is -0.144. The number of thiocarbonyl (C=S) groups is 2. The Morgan fingerprint density at radius 2 is 2.00 bits per heavy atom. The molecule has 2 saturated heterocycles. The summed E-state index contributed by atoms with van der Waals surface area (Å²) in [6, 6.07) is 0.194. The van der Waals surface area contributed by atoms with Crippen molar-refractivity contribution in [3.63, 3.8) is 0 Å². The lowest BCUT2D eigenvalue weighted by atomic mass is 9.94. The van der Waals surface area contributed by atoms with Gasteiger partial charge >= 0.3 is 0 Å². The van der Waals surface area contributed by atoms with Crippen LogP contribution in [0.2, 0.25) is 0 Å². The molecule has 0 aromatic rings. The zero-order valence-corrected chi connectivity index (χ0v) is 18.6. The standard InChI is InChI=1S/C19H22N2O2S4/c1-3-20-16(22)8-15-13(18(20)23)7-11(27-15)6-10(2)21-17(24)9-14-12(19(21)25)4-5-26-14/h8-13H,3-7H2,1-2H3. The molecule has 0 aliphatic carbocycles. The van der Waals surface area contributed by atoms with Crippen molar-refractivity contribution in [3.8, 4) is 0 Å². The zero-order chi connectivity index (χ0) is 19.3. The van der Waals surface area contributed by atoms with E-state index in [0.29, 0.717) is 17.7 Å². The largest absolute Gasteiger partial charge is 0.324 e. The Morgan fingerprint density at radius 1 is 1.22 bits per heavy atom. The summed E-state index contributed by atoms with van der Waals surface area (Å²) in [4.78, 5) is 32.2. The summed E-state index contributed by atoms with van der Waals surface area (Å²) in [5.41, 5.74) is 0. The molecule has 4 aliphatic rings. The van der Waals surface area contributed by atoms with Crippen LogP contribution in [-0.4, -0.2) is 55.2 Å². The molecular formula is C19H22N2O2S4. The Hall–Kier alpha value is -0.700. The number of hydrogen-bond donors (Lipinski definition) is 0. The quantitative estimate of drug-likeness (QED) is 0.489. The van der Waals surface area contributed by atoms with Gasteiger partial charge in [-0.2, -0.15) is 0 Å². The third-order valence-corrected chi connectivity index (χ3v) is 9.02. The molecule has 27 heavy (non-hydrogen) atoms. The summed E-state index contributed by atoms with van der Waals surface area (Å²) < 4.78 is 0. The molecule has 0 bridgehead atoms. The van der Waals surface area contributed by atoms with Crippen LogP contribution < -0.4 is 0 Å². The average molecular weight is 439 g/mol. The Balaban J connectivity index is 1.46. The fourth-order valence-corrected chi connectivity index (χ4v) is 8.25. The minimum Gasteiger partial charge on any atom is -0.324 e. The zero-order valence-electron chi connectivity index (χ0n) is 15.3. The first-order valence-electron chi connectivity index (χ1n) is 9.35. The highest BCUT2D eigenvalue weighted by Crippen LogP contribution is 2.47. The van der Waals surface area contributed by atoms with E-state index in [1.54, 1.807) is 17.8 Å². The van der Waals surface area contributed by atoms with Crippen LogP contribution in [-0.2, 0) is 9.59 Å². The molecule has 0 aromatic heterocycles. The number of rotatable bonds is 4. The first-order chi connectivity index (χ1) is 12.9. The molecule has 144 valence electrons. The SMILES string of the molecule is CCN1C(=O)C=C2SC(CC(C)N3C(=S)C=C4SCCC4C3=S)CC2C1=O. The lowest BCUT2D eigenvalue weighted by Crippen LogP contribution is -2.47. The molecule has 0 saturated carbocycles.